The van der Waals surface area contributed by atoms with E-state index in [1.807, 2.05) is 12.1 Å². The third-order valence-corrected chi connectivity index (χ3v) is 4.12. The van der Waals surface area contributed by atoms with Crippen LogP contribution in [0.5, 0.6) is 5.75 Å². The van der Waals surface area contributed by atoms with Gasteiger partial charge in [0.1, 0.15) is 5.75 Å². The van der Waals surface area contributed by atoms with E-state index in [9.17, 15) is 0 Å². The molecule has 0 radical (unpaired) electrons. The normalized spacial score (nSPS) is 11.6. The zero-order valence-electron chi connectivity index (χ0n) is 11.5. The summed E-state index contributed by atoms with van der Waals surface area (Å²) in [5.41, 5.74) is 8.98. The van der Waals surface area contributed by atoms with Gasteiger partial charge in [0, 0.05) is 11.1 Å². The Bertz CT molecular complexity index is 599. The molecule has 1 heterocycles. The number of anilines is 1. The zero-order valence-corrected chi connectivity index (χ0v) is 13.7. The quantitative estimate of drug-likeness (QED) is 0.794. The van der Waals surface area contributed by atoms with Crippen molar-refractivity contribution in [3.63, 3.8) is 0 Å². The topological polar surface area (TPSA) is 63.9 Å². The van der Waals surface area contributed by atoms with Crippen LogP contribution in [-0.2, 0) is 5.41 Å². The molecule has 2 aromatic rings. The first-order valence-electron chi connectivity index (χ1n) is 6.03. The van der Waals surface area contributed by atoms with E-state index in [-0.39, 0.29) is 5.41 Å². The van der Waals surface area contributed by atoms with E-state index in [4.69, 9.17) is 10.5 Å². The van der Waals surface area contributed by atoms with E-state index in [1.165, 1.54) is 0 Å². The van der Waals surface area contributed by atoms with E-state index in [0.29, 0.717) is 5.82 Å². The number of aromatic nitrogens is 2. The number of ether oxygens (including phenoxy) is 1. The van der Waals surface area contributed by atoms with Crippen LogP contribution in [0, 0.1) is 3.57 Å². The Labute approximate surface area is 126 Å². The average molecular weight is 371 g/mol. The van der Waals surface area contributed by atoms with Gasteiger partial charge in [-0.25, -0.2) is 0 Å². The molecule has 0 aliphatic heterocycles. The van der Waals surface area contributed by atoms with Crippen LogP contribution in [0.15, 0.2) is 18.2 Å². The summed E-state index contributed by atoms with van der Waals surface area (Å²) in [6.45, 7) is 6.50. The SMILES string of the molecule is COc1ccc(-c2[nH]nc(N)c2I)cc1C(C)(C)C. The van der Waals surface area contributed by atoms with Crippen LogP contribution in [0.1, 0.15) is 26.3 Å². The van der Waals surface area contributed by atoms with Crippen molar-refractivity contribution >= 4 is 28.4 Å². The number of rotatable bonds is 2. The van der Waals surface area contributed by atoms with E-state index in [1.54, 1.807) is 7.11 Å². The minimum atomic E-state index is 0.0123. The maximum absolute atomic E-state index is 5.78. The zero-order chi connectivity index (χ0) is 14.2. The highest BCUT2D eigenvalue weighted by molar-refractivity contribution is 14.1. The molecule has 0 unspecified atom stereocenters. The second-order valence-electron chi connectivity index (χ2n) is 5.46. The first-order chi connectivity index (χ1) is 8.84. The number of halogens is 1. The lowest BCUT2D eigenvalue weighted by Gasteiger charge is -2.22. The van der Waals surface area contributed by atoms with E-state index < -0.39 is 0 Å². The molecule has 0 saturated carbocycles. The molecule has 3 N–H and O–H groups in total. The van der Waals surface area contributed by atoms with Crippen LogP contribution < -0.4 is 10.5 Å². The minimum absolute atomic E-state index is 0.0123. The van der Waals surface area contributed by atoms with Gasteiger partial charge in [-0.2, -0.15) is 5.10 Å². The number of nitrogen functional groups attached to an aromatic ring is 1. The Morgan fingerprint density at radius 2 is 2.00 bits per heavy atom. The molecule has 102 valence electrons. The lowest BCUT2D eigenvalue weighted by molar-refractivity contribution is 0.397. The molecule has 0 atom stereocenters. The van der Waals surface area contributed by atoms with Crippen molar-refractivity contribution in [3.05, 3.63) is 27.3 Å². The van der Waals surface area contributed by atoms with Crippen molar-refractivity contribution in [3.8, 4) is 17.0 Å². The van der Waals surface area contributed by atoms with E-state index in [2.05, 4.69) is 59.6 Å². The van der Waals surface area contributed by atoms with E-state index >= 15 is 0 Å². The van der Waals surface area contributed by atoms with Crippen molar-refractivity contribution in [1.82, 2.24) is 10.2 Å². The van der Waals surface area contributed by atoms with Gasteiger partial charge >= 0.3 is 0 Å². The van der Waals surface area contributed by atoms with Gasteiger partial charge in [-0.15, -0.1) is 0 Å². The Morgan fingerprint density at radius 1 is 1.32 bits per heavy atom. The van der Waals surface area contributed by atoms with E-state index in [0.717, 1.165) is 26.1 Å². The lowest BCUT2D eigenvalue weighted by Crippen LogP contribution is -2.13. The Balaban J connectivity index is 2.58. The fourth-order valence-electron chi connectivity index (χ4n) is 1.98. The van der Waals surface area contributed by atoms with Crippen LogP contribution in [0.25, 0.3) is 11.3 Å². The molecule has 0 spiro atoms. The Morgan fingerprint density at radius 3 is 2.47 bits per heavy atom. The fraction of sp³-hybridized carbons (Fsp3) is 0.357. The number of nitrogens with two attached hydrogens (primary N) is 1. The van der Waals surface area contributed by atoms with Crippen LogP contribution in [0.4, 0.5) is 5.82 Å². The number of aromatic amines is 1. The molecule has 19 heavy (non-hydrogen) atoms. The van der Waals surface area contributed by atoms with Gasteiger partial charge in [-0.05, 0) is 46.2 Å². The van der Waals surface area contributed by atoms with Crippen LogP contribution >= 0.6 is 22.6 Å². The maximum atomic E-state index is 5.78. The maximum Gasteiger partial charge on any atom is 0.159 e. The lowest BCUT2D eigenvalue weighted by atomic mass is 9.85. The molecule has 1 aromatic heterocycles. The van der Waals surface area contributed by atoms with Gasteiger partial charge in [0.05, 0.1) is 16.4 Å². The number of hydrogen-bond donors (Lipinski definition) is 2. The molecule has 0 bridgehead atoms. The van der Waals surface area contributed by atoms with Gasteiger partial charge in [0.25, 0.3) is 0 Å². The predicted molar refractivity (Wildman–Crippen MR) is 86.4 cm³/mol. The smallest absolute Gasteiger partial charge is 0.159 e. The average Bonchev–Trinajstić information content (AvgIpc) is 2.68. The molecule has 4 nitrogen and oxygen atoms in total. The van der Waals surface area contributed by atoms with Crippen LogP contribution in [-0.4, -0.2) is 17.3 Å². The van der Waals surface area contributed by atoms with Crippen molar-refractivity contribution in [1.29, 1.82) is 0 Å². The summed E-state index contributed by atoms with van der Waals surface area (Å²) in [7, 11) is 1.70. The molecule has 0 saturated heterocycles. The summed E-state index contributed by atoms with van der Waals surface area (Å²) in [6, 6.07) is 6.14. The number of hydrogen-bond acceptors (Lipinski definition) is 3. The van der Waals surface area contributed by atoms with Crippen molar-refractivity contribution < 1.29 is 4.74 Å². The summed E-state index contributed by atoms with van der Waals surface area (Å²) >= 11 is 2.20. The molecule has 0 aliphatic rings. The second-order valence-corrected chi connectivity index (χ2v) is 6.54. The Kier molecular flexibility index (Phi) is 3.75. The minimum Gasteiger partial charge on any atom is -0.496 e. The highest BCUT2D eigenvalue weighted by Crippen LogP contribution is 2.36. The third-order valence-electron chi connectivity index (χ3n) is 3.03. The summed E-state index contributed by atoms with van der Waals surface area (Å²) in [5.74, 6) is 1.43. The third kappa shape index (κ3) is 2.70. The summed E-state index contributed by atoms with van der Waals surface area (Å²) in [6.07, 6.45) is 0. The molecular weight excluding hydrogens is 353 g/mol. The number of nitrogens with zero attached hydrogens (tertiary/aromatic N) is 1. The summed E-state index contributed by atoms with van der Waals surface area (Å²) in [4.78, 5) is 0. The predicted octanol–water partition coefficient (Wildman–Crippen LogP) is 3.57. The number of nitrogens with one attached hydrogen (secondary N) is 1. The van der Waals surface area contributed by atoms with Gasteiger partial charge in [0.15, 0.2) is 5.82 Å². The van der Waals surface area contributed by atoms with Crippen LogP contribution in [0.3, 0.4) is 0 Å². The standard InChI is InChI=1S/C14H18IN3O/c1-14(2,3)9-7-8(5-6-10(9)19-4)12-11(15)13(16)18-17-12/h5-7H,1-4H3,(H3,16,17,18). The van der Waals surface area contributed by atoms with Crippen molar-refractivity contribution in [2.45, 2.75) is 26.2 Å². The first-order valence-corrected chi connectivity index (χ1v) is 7.10. The number of methoxy groups -OCH3 is 1. The largest absolute Gasteiger partial charge is 0.496 e. The Hall–Kier alpha value is -1.24. The van der Waals surface area contributed by atoms with Crippen molar-refractivity contribution in [2.24, 2.45) is 0 Å². The van der Waals surface area contributed by atoms with Crippen LogP contribution in [0.2, 0.25) is 0 Å². The monoisotopic (exact) mass is 371 g/mol. The van der Waals surface area contributed by atoms with Gasteiger partial charge in [0.2, 0.25) is 0 Å². The molecule has 0 amide bonds. The second kappa shape index (κ2) is 5.03. The highest BCUT2D eigenvalue weighted by atomic mass is 127. The molecular formula is C14H18IN3O. The molecule has 2 rings (SSSR count). The fourth-order valence-corrected chi connectivity index (χ4v) is 2.54. The highest BCUT2D eigenvalue weighted by Gasteiger charge is 2.20. The first kappa shape index (κ1) is 14.2. The van der Waals surface area contributed by atoms with Gasteiger partial charge < -0.3 is 10.5 Å². The van der Waals surface area contributed by atoms with Gasteiger partial charge in [-0.1, -0.05) is 20.8 Å². The summed E-state index contributed by atoms with van der Waals surface area (Å²) in [5, 5.41) is 7.02. The molecule has 0 fully saturated rings. The molecule has 5 heteroatoms. The summed E-state index contributed by atoms with van der Waals surface area (Å²) < 4.78 is 6.39. The molecule has 0 aliphatic carbocycles. The van der Waals surface area contributed by atoms with Crippen molar-refractivity contribution in [2.75, 3.05) is 12.8 Å². The van der Waals surface area contributed by atoms with Gasteiger partial charge in [-0.3, -0.25) is 5.10 Å². The number of H-pyrrole nitrogens is 1. The molecule has 1 aromatic carbocycles. The number of benzene rings is 1.